The Kier molecular flexibility index (Phi) is 2.41. The number of hydrogen-bond donors (Lipinski definition) is 1. The molecule has 0 aliphatic carbocycles. The van der Waals surface area contributed by atoms with Crippen molar-refractivity contribution in [1.29, 1.82) is 0 Å². The molecule has 1 atom stereocenters. The highest BCUT2D eigenvalue weighted by Gasteiger charge is 2.11. The number of hydrogen-bond acceptors (Lipinski definition) is 3. The zero-order valence-corrected chi connectivity index (χ0v) is 7.93. The van der Waals surface area contributed by atoms with Crippen LogP contribution in [-0.4, -0.2) is 18.0 Å². The number of fused-ring (bicyclic) bond motifs is 1. The molecule has 0 saturated carbocycles. The first-order valence-corrected chi connectivity index (χ1v) is 4.51. The lowest BCUT2D eigenvalue weighted by Crippen LogP contribution is -1.92. The highest BCUT2D eigenvalue weighted by molar-refractivity contribution is 5.56. The van der Waals surface area contributed by atoms with Gasteiger partial charge in [0.15, 0.2) is 11.5 Å². The average molecular weight is 192 g/mol. The van der Waals surface area contributed by atoms with E-state index in [-0.39, 0.29) is 0 Å². The van der Waals surface area contributed by atoms with Crippen LogP contribution in [-0.2, 0) is 0 Å². The maximum Gasteiger partial charge on any atom is 0.231 e. The third kappa shape index (κ3) is 1.88. The molecule has 0 bridgehead atoms. The molecule has 1 aromatic carbocycles. The van der Waals surface area contributed by atoms with Crippen molar-refractivity contribution in [2.45, 2.75) is 13.0 Å². The van der Waals surface area contributed by atoms with Gasteiger partial charge in [-0.2, -0.15) is 0 Å². The molecule has 0 amide bonds. The van der Waals surface area contributed by atoms with E-state index in [0.29, 0.717) is 6.79 Å². The molecular weight excluding hydrogens is 180 g/mol. The van der Waals surface area contributed by atoms with Gasteiger partial charge in [0, 0.05) is 0 Å². The Morgan fingerprint density at radius 1 is 1.36 bits per heavy atom. The normalized spacial score (nSPS) is 16.1. The van der Waals surface area contributed by atoms with E-state index in [4.69, 9.17) is 14.6 Å². The maximum absolute atomic E-state index is 9.06. The summed E-state index contributed by atoms with van der Waals surface area (Å²) in [5.74, 6) is 1.54. The predicted octanol–water partition coefficient (Wildman–Crippen LogP) is 1.81. The summed E-state index contributed by atoms with van der Waals surface area (Å²) in [5, 5.41) is 9.06. The van der Waals surface area contributed by atoms with Gasteiger partial charge in [-0.25, -0.2) is 0 Å². The predicted molar refractivity (Wildman–Crippen MR) is 53.3 cm³/mol. The van der Waals surface area contributed by atoms with Crippen LogP contribution in [0.4, 0.5) is 0 Å². The second kappa shape index (κ2) is 3.72. The molecular formula is C11H12O3. The van der Waals surface area contributed by atoms with Gasteiger partial charge in [-0.05, 0) is 24.6 Å². The van der Waals surface area contributed by atoms with Gasteiger partial charge in [-0.3, -0.25) is 0 Å². The summed E-state index contributed by atoms with van der Waals surface area (Å²) in [6, 6.07) is 5.68. The number of benzene rings is 1. The number of rotatable bonds is 2. The lowest BCUT2D eigenvalue weighted by atomic mass is 10.2. The number of aliphatic hydroxyl groups is 1. The minimum Gasteiger partial charge on any atom is -0.454 e. The van der Waals surface area contributed by atoms with Crippen molar-refractivity contribution in [2.75, 3.05) is 6.79 Å². The van der Waals surface area contributed by atoms with Crippen LogP contribution >= 0.6 is 0 Å². The van der Waals surface area contributed by atoms with Crippen LogP contribution in [0.2, 0.25) is 0 Å². The fourth-order valence-electron chi connectivity index (χ4n) is 1.27. The molecule has 3 heteroatoms. The SMILES string of the molecule is CC(O)/C=C/c1ccc2c(c1)OCO2. The van der Waals surface area contributed by atoms with Crippen molar-refractivity contribution >= 4 is 6.08 Å². The van der Waals surface area contributed by atoms with Gasteiger partial charge in [-0.1, -0.05) is 18.2 Å². The van der Waals surface area contributed by atoms with E-state index in [1.54, 1.807) is 13.0 Å². The van der Waals surface area contributed by atoms with Crippen LogP contribution in [0, 0.1) is 0 Å². The van der Waals surface area contributed by atoms with Crippen molar-refractivity contribution in [3.63, 3.8) is 0 Å². The number of aliphatic hydroxyl groups excluding tert-OH is 1. The highest BCUT2D eigenvalue weighted by atomic mass is 16.7. The van der Waals surface area contributed by atoms with Crippen LogP contribution in [0.25, 0.3) is 6.08 Å². The molecule has 0 saturated heterocycles. The van der Waals surface area contributed by atoms with Crippen molar-refractivity contribution in [2.24, 2.45) is 0 Å². The summed E-state index contributed by atoms with van der Waals surface area (Å²) in [5.41, 5.74) is 0.996. The Labute approximate surface area is 82.6 Å². The van der Waals surface area contributed by atoms with Gasteiger partial charge in [-0.15, -0.1) is 0 Å². The Morgan fingerprint density at radius 3 is 2.93 bits per heavy atom. The highest BCUT2D eigenvalue weighted by Crippen LogP contribution is 2.32. The zero-order valence-electron chi connectivity index (χ0n) is 7.93. The van der Waals surface area contributed by atoms with Gasteiger partial charge in [0.2, 0.25) is 6.79 Å². The van der Waals surface area contributed by atoms with E-state index in [1.165, 1.54) is 0 Å². The molecule has 74 valence electrons. The molecule has 1 unspecified atom stereocenters. The summed E-state index contributed by atoms with van der Waals surface area (Å²) < 4.78 is 10.4. The Balaban J connectivity index is 2.20. The van der Waals surface area contributed by atoms with E-state index in [1.807, 2.05) is 24.3 Å². The van der Waals surface area contributed by atoms with Gasteiger partial charge < -0.3 is 14.6 Å². The van der Waals surface area contributed by atoms with Gasteiger partial charge in [0.05, 0.1) is 6.10 Å². The van der Waals surface area contributed by atoms with Crippen LogP contribution in [0.1, 0.15) is 12.5 Å². The summed E-state index contributed by atoms with van der Waals surface area (Å²) in [6.07, 6.45) is 3.14. The summed E-state index contributed by atoms with van der Waals surface area (Å²) in [6.45, 7) is 2.00. The first-order chi connectivity index (χ1) is 6.75. The fourth-order valence-corrected chi connectivity index (χ4v) is 1.27. The molecule has 0 spiro atoms. The monoisotopic (exact) mass is 192 g/mol. The minimum atomic E-state index is -0.430. The Bertz CT molecular complexity index is 356. The summed E-state index contributed by atoms with van der Waals surface area (Å²) >= 11 is 0. The van der Waals surface area contributed by atoms with Crippen molar-refractivity contribution in [1.82, 2.24) is 0 Å². The molecule has 0 radical (unpaired) electrons. The molecule has 1 N–H and O–H groups in total. The molecule has 1 aromatic rings. The average Bonchev–Trinajstić information content (AvgIpc) is 2.61. The third-order valence-corrected chi connectivity index (χ3v) is 1.96. The standard InChI is InChI=1S/C11H12O3/c1-8(12)2-3-9-4-5-10-11(6-9)14-7-13-10/h2-6,8,12H,7H2,1H3/b3-2+. The lowest BCUT2D eigenvalue weighted by Gasteiger charge is -1.98. The maximum atomic E-state index is 9.06. The summed E-state index contributed by atoms with van der Waals surface area (Å²) in [7, 11) is 0. The summed E-state index contributed by atoms with van der Waals surface area (Å²) in [4.78, 5) is 0. The zero-order chi connectivity index (χ0) is 9.97. The van der Waals surface area contributed by atoms with E-state index in [2.05, 4.69) is 0 Å². The van der Waals surface area contributed by atoms with Crippen molar-refractivity contribution < 1.29 is 14.6 Å². The topological polar surface area (TPSA) is 38.7 Å². The molecule has 0 fully saturated rings. The van der Waals surface area contributed by atoms with E-state index >= 15 is 0 Å². The fraction of sp³-hybridized carbons (Fsp3) is 0.273. The molecule has 2 rings (SSSR count). The van der Waals surface area contributed by atoms with Crippen molar-refractivity contribution in [3.05, 3.63) is 29.8 Å². The van der Waals surface area contributed by atoms with E-state index < -0.39 is 6.10 Å². The van der Waals surface area contributed by atoms with Crippen molar-refractivity contribution in [3.8, 4) is 11.5 Å². The second-order valence-corrected chi connectivity index (χ2v) is 3.21. The molecule has 1 aliphatic heterocycles. The van der Waals surface area contributed by atoms with Crippen LogP contribution < -0.4 is 9.47 Å². The molecule has 0 aromatic heterocycles. The largest absolute Gasteiger partial charge is 0.454 e. The van der Waals surface area contributed by atoms with Crippen LogP contribution in [0.3, 0.4) is 0 Å². The Morgan fingerprint density at radius 2 is 2.14 bits per heavy atom. The minimum absolute atomic E-state index is 0.291. The van der Waals surface area contributed by atoms with Gasteiger partial charge in [0.1, 0.15) is 0 Å². The molecule has 3 nitrogen and oxygen atoms in total. The van der Waals surface area contributed by atoms with Crippen LogP contribution in [0.15, 0.2) is 24.3 Å². The molecule has 1 heterocycles. The van der Waals surface area contributed by atoms with E-state index in [0.717, 1.165) is 17.1 Å². The van der Waals surface area contributed by atoms with Crippen LogP contribution in [0.5, 0.6) is 11.5 Å². The smallest absolute Gasteiger partial charge is 0.231 e. The number of ether oxygens (including phenoxy) is 2. The molecule has 1 aliphatic rings. The molecule has 14 heavy (non-hydrogen) atoms. The quantitative estimate of drug-likeness (QED) is 0.776. The first-order valence-electron chi connectivity index (χ1n) is 4.51. The lowest BCUT2D eigenvalue weighted by molar-refractivity contribution is 0.174. The van der Waals surface area contributed by atoms with Gasteiger partial charge >= 0.3 is 0 Å². The van der Waals surface area contributed by atoms with E-state index in [9.17, 15) is 0 Å². The van der Waals surface area contributed by atoms with Gasteiger partial charge in [0.25, 0.3) is 0 Å². The second-order valence-electron chi connectivity index (χ2n) is 3.21. The Hall–Kier alpha value is -1.48. The third-order valence-electron chi connectivity index (χ3n) is 1.96. The first kappa shape index (κ1) is 9.09.